The molecule has 0 atom stereocenters. The molecule has 3 heterocycles. The van der Waals surface area contributed by atoms with Gasteiger partial charge in [-0.2, -0.15) is 5.26 Å². The van der Waals surface area contributed by atoms with Crippen molar-refractivity contribution >= 4 is 17.7 Å². The van der Waals surface area contributed by atoms with E-state index < -0.39 is 0 Å². The number of hydrogen-bond donors (Lipinski definition) is 2. The molecule has 140 valence electrons. The number of carbonyl (C=O) groups is 1. The molecule has 1 saturated heterocycles. The molecule has 1 aliphatic heterocycles. The van der Waals surface area contributed by atoms with E-state index >= 15 is 0 Å². The molecule has 9 heteroatoms. The summed E-state index contributed by atoms with van der Waals surface area (Å²) < 4.78 is 0. The van der Waals surface area contributed by atoms with Gasteiger partial charge in [0.1, 0.15) is 24.0 Å². The zero-order valence-electron chi connectivity index (χ0n) is 15.2. The fourth-order valence-corrected chi connectivity index (χ4v) is 2.88. The van der Waals surface area contributed by atoms with Crippen LogP contribution in [0.2, 0.25) is 0 Å². The molecule has 9 nitrogen and oxygen atoms in total. The highest BCUT2D eigenvalue weighted by Crippen LogP contribution is 2.15. The van der Waals surface area contributed by atoms with E-state index in [1.807, 2.05) is 13.0 Å². The lowest BCUT2D eigenvalue weighted by Gasteiger charge is -2.35. The average molecular weight is 366 g/mol. The number of aromatic nitrogens is 3. The second-order valence-corrected chi connectivity index (χ2v) is 6.16. The maximum Gasteiger partial charge on any atom is 0.320 e. The predicted molar refractivity (Wildman–Crippen MR) is 101 cm³/mol. The van der Waals surface area contributed by atoms with Crippen molar-refractivity contribution in [1.82, 2.24) is 25.2 Å². The number of rotatable bonds is 5. The van der Waals surface area contributed by atoms with Crippen LogP contribution in [0.1, 0.15) is 18.2 Å². The number of urea groups is 1. The Morgan fingerprint density at radius 3 is 2.70 bits per heavy atom. The van der Waals surface area contributed by atoms with Gasteiger partial charge in [-0.05, 0) is 19.1 Å². The molecule has 0 aliphatic carbocycles. The van der Waals surface area contributed by atoms with Crippen molar-refractivity contribution in [2.45, 2.75) is 13.5 Å². The van der Waals surface area contributed by atoms with Gasteiger partial charge in [-0.1, -0.05) is 0 Å². The Hall–Kier alpha value is -3.25. The van der Waals surface area contributed by atoms with Crippen LogP contribution in [-0.4, -0.2) is 58.6 Å². The number of amides is 2. The Bertz CT molecular complexity index is 809. The lowest BCUT2D eigenvalue weighted by Crippen LogP contribution is -2.46. The summed E-state index contributed by atoms with van der Waals surface area (Å²) in [5.74, 6) is 1.38. The number of hydrogen-bond acceptors (Lipinski definition) is 7. The van der Waals surface area contributed by atoms with Crippen molar-refractivity contribution in [3.05, 3.63) is 42.0 Å². The Kier molecular flexibility index (Phi) is 6.12. The normalized spacial score (nSPS) is 14.4. The summed E-state index contributed by atoms with van der Waals surface area (Å²) in [6.45, 7) is 6.58. The molecule has 0 aromatic carbocycles. The van der Waals surface area contributed by atoms with E-state index in [-0.39, 0.29) is 6.03 Å². The van der Waals surface area contributed by atoms with E-state index in [1.54, 1.807) is 18.3 Å². The summed E-state index contributed by atoms with van der Waals surface area (Å²) in [7, 11) is 0. The molecule has 3 rings (SSSR count). The van der Waals surface area contributed by atoms with Crippen LogP contribution in [0.3, 0.4) is 0 Å². The number of nitriles is 1. The molecule has 1 fully saturated rings. The van der Waals surface area contributed by atoms with Crippen LogP contribution in [0.25, 0.3) is 0 Å². The summed E-state index contributed by atoms with van der Waals surface area (Å²) in [5.41, 5.74) is 1.43. The molecule has 1 aliphatic rings. The van der Waals surface area contributed by atoms with Crippen molar-refractivity contribution in [3.8, 4) is 6.07 Å². The minimum atomic E-state index is -0.273. The molecular formula is C18H22N8O. The summed E-state index contributed by atoms with van der Waals surface area (Å²) in [5, 5.41) is 14.2. The van der Waals surface area contributed by atoms with Crippen molar-refractivity contribution in [3.63, 3.8) is 0 Å². The Morgan fingerprint density at radius 1 is 1.22 bits per heavy atom. The van der Waals surface area contributed by atoms with Crippen LogP contribution < -0.4 is 15.5 Å². The van der Waals surface area contributed by atoms with Crippen molar-refractivity contribution < 1.29 is 4.79 Å². The van der Waals surface area contributed by atoms with Gasteiger partial charge in [-0.15, -0.1) is 0 Å². The van der Waals surface area contributed by atoms with Crippen LogP contribution in [0.15, 0.2) is 30.7 Å². The molecule has 2 N–H and O–H groups in total. The number of piperazine rings is 1. The fourth-order valence-electron chi connectivity index (χ4n) is 2.88. The van der Waals surface area contributed by atoms with Gasteiger partial charge >= 0.3 is 6.03 Å². The third-order valence-corrected chi connectivity index (χ3v) is 4.26. The zero-order chi connectivity index (χ0) is 19.1. The third-order valence-electron chi connectivity index (χ3n) is 4.26. The van der Waals surface area contributed by atoms with Gasteiger partial charge in [0.15, 0.2) is 0 Å². The maximum atomic E-state index is 11.6. The number of nitrogens with one attached hydrogen (secondary N) is 2. The van der Waals surface area contributed by atoms with Crippen molar-refractivity contribution in [2.24, 2.45) is 0 Å². The predicted octanol–water partition coefficient (Wildman–Crippen LogP) is 1.21. The minimum Gasteiger partial charge on any atom is -0.354 e. The lowest BCUT2D eigenvalue weighted by atomic mass is 10.2. The molecule has 0 spiro atoms. The Labute approximate surface area is 158 Å². The molecule has 0 saturated carbocycles. The first-order valence-corrected chi connectivity index (χ1v) is 8.87. The maximum absolute atomic E-state index is 11.6. The van der Waals surface area contributed by atoms with Gasteiger partial charge < -0.3 is 10.2 Å². The van der Waals surface area contributed by atoms with Crippen LogP contribution in [0, 0.1) is 11.3 Å². The molecule has 27 heavy (non-hydrogen) atoms. The molecule has 0 radical (unpaired) electrons. The van der Waals surface area contributed by atoms with Crippen LogP contribution in [-0.2, 0) is 6.54 Å². The standard InChI is InChI=1S/C18H22N8O/c1-2-20-18(27)24-16-9-15(22-13-23-16)12-25-5-7-26(8-6-25)17-4-3-14(10-19)11-21-17/h3-4,9,11,13H,2,5-8,12H2,1H3,(H2,20,22,23,24,27). The average Bonchev–Trinajstić information content (AvgIpc) is 2.69. The van der Waals surface area contributed by atoms with Crippen LogP contribution >= 0.6 is 0 Å². The highest BCUT2D eigenvalue weighted by atomic mass is 16.2. The zero-order valence-corrected chi connectivity index (χ0v) is 15.2. The SMILES string of the molecule is CCNC(=O)Nc1cc(CN2CCN(c3ccc(C#N)cn3)CC2)ncn1. The number of nitrogens with zero attached hydrogens (tertiary/aromatic N) is 6. The summed E-state index contributed by atoms with van der Waals surface area (Å²) >= 11 is 0. The van der Waals surface area contributed by atoms with Crippen molar-refractivity contribution in [1.29, 1.82) is 5.26 Å². The van der Waals surface area contributed by atoms with E-state index in [1.165, 1.54) is 6.33 Å². The number of pyridine rings is 1. The highest BCUT2D eigenvalue weighted by Gasteiger charge is 2.18. The quantitative estimate of drug-likeness (QED) is 0.818. The second-order valence-electron chi connectivity index (χ2n) is 6.16. The summed E-state index contributed by atoms with van der Waals surface area (Å²) in [6, 6.07) is 7.28. The van der Waals surface area contributed by atoms with Crippen molar-refractivity contribution in [2.75, 3.05) is 42.9 Å². The van der Waals surface area contributed by atoms with E-state index in [2.05, 4.69) is 41.5 Å². The third kappa shape index (κ3) is 5.12. The van der Waals surface area contributed by atoms with E-state index in [9.17, 15) is 4.79 Å². The molecular weight excluding hydrogens is 344 g/mol. The second kappa shape index (κ2) is 8.91. The Balaban J connectivity index is 1.53. The monoisotopic (exact) mass is 366 g/mol. The molecule has 0 bridgehead atoms. The first kappa shape index (κ1) is 18.5. The van der Waals surface area contributed by atoms with Gasteiger partial charge in [0.2, 0.25) is 0 Å². The van der Waals surface area contributed by atoms with E-state index in [0.29, 0.717) is 24.5 Å². The van der Waals surface area contributed by atoms with Gasteiger partial charge in [0.05, 0.1) is 11.3 Å². The first-order valence-electron chi connectivity index (χ1n) is 8.87. The van der Waals surface area contributed by atoms with Gasteiger partial charge in [-0.25, -0.2) is 19.7 Å². The lowest BCUT2D eigenvalue weighted by molar-refractivity contribution is 0.246. The van der Waals surface area contributed by atoms with E-state index in [0.717, 1.165) is 37.7 Å². The smallest absolute Gasteiger partial charge is 0.320 e. The largest absolute Gasteiger partial charge is 0.354 e. The van der Waals surface area contributed by atoms with Crippen LogP contribution in [0.4, 0.5) is 16.4 Å². The summed E-state index contributed by atoms with van der Waals surface area (Å²) in [4.78, 5) is 28.9. The van der Waals surface area contributed by atoms with Gasteiger partial charge in [0.25, 0.3) is 0 Å². The fraction of sp³-hybridized carbons (Fsp3) is 0.389. The minimum absolute atomic E-state index is 0.273. The molecule has 2 aromatic heterocycles. The molecule has 2 amide bonds. The molecule has 2 aromatic rings. The van der Waals surface area contributed by atoms with Crippen LogP contribution in [0.5, 0.6) is 0 Å². The number of anilines is 2. The molecule has 0 unspecified atom stereocenters. The Morgan fingerprint density at radius 2 is 2.04 bits per heavy atom. The van der Waals surface area contributed by atoms with E-state index in [4.69, 9.17) is 5.26 Å². The van der Waals surface area contributed by atoms with Gasteiger partial charge in [-0.3, -0.25) is 10.2 Å². The summed E-state index contributed by atoms with van der Waals surface area (Å²) in [6.07, 6.45) is 3.07. The first-order chi connectivity index (χ1) is 13.2. The topological polar surface area (TPSA) is 110 Å². The highest BCUT2D eigenvalue weighted by molar-refractivity contribution is 5.88. The van der Waals surface area contributed by atoms with Gasteiger partial charge in [0, 0.05) is 51.5 Å². The number of carbonyl (C=O) groups excluding carboxylic acids is 1.